The topological polar surface area (TPSA) is 90.5 Å². The van der Waals surface area contributed by atoms with Gasteiger partial charge in [0.1, 0.15) is 11.3 Å². The van der Waals surface area contributed by atoms with Gasteiger partial charge < -0.3 is 9.88 Å². The second-order valence-corrected chi connectivity index (χ2v) is 6.47. The fourth-order valence-corrected chi connectivity index (χ4v) is 2.59. The van der Waals surface area contributed by atoms with E-state index in [1.54, 1.807) is 6.33 Å². The first kappa shape index (κ1) is 19.8. The number of halogens is 4. The molecular weight excluding hydrogens is 399 g/mol. The molecule has 0 aliphatic rings. The van der Waals surface area contributed by atoms with Crippen molar-refractivity contribution in [3.63, 3.8) is 0 Å². The zero-order valence-electron chi connectivity index (χ0n) is 14.8. The van der Waals surface area contributed by atoms with Crippen molar-refractivity contribution in [1.29, 1.82) is 0 Å². The number of anilines is 1. The summed E-state index contributed by atoms with van der Waals surface area (Å²) in [6, 6.07) is 2.01. The number of rotatable bonds is 5. The van der Waals surface area contributed by atoms with Gasteiger partial charge in [0.2, 0.25) is 0 Å². The fraction of sp³-hybridized carbons (Fsp3) is 0.312. The van der Waals surface area contributed by atoms with Gasteiger partial charge in [-0.05, 0) is 26.0 Å². The van der Waals surface area contributed by atoms with Gasteiger partial charge in [-0.15, -0.1) is 10.2 Å². The first-order valence-corrected chi connectivity index (χ1v) is 8.50. The zero-order chi connectivity index (χ0) is 20.5. The molecule has 0 saturated carbocycles. The van der Waals surface area contributed by atoms with Crippen LogP contribution in [0.25, 0.3) is 5.82 Å². The Hall–Kier alpha value is -2.95. The van der Waals surface area contributed by atoms with Crippen molar-refractivity contribution in [2.75, 3.05) is 5.32 Å². The number of hydrogen-bond acceptors (Lipinski definition) is 6. The summed E-state index contributed by atoms with van der Waals surface area (Å²) < 4.78 is 40.6. The summed E-state index contributed by atoms with van der Waals surface area (Å²) >= 11 is 6.11. The van der Waals surface area contributed by atoms with E-state index in [4.69, 9.17) is 11.6 Å². The van der Waals surface area contributed by atoms with Crippen LogP contribution in [0, 0.1) is 0 Å². The smallest absolute Gasteiger partial charge is 0.375 e. The molecule has 0 spiro atoms. The van der Waals surface area contributed by atoms with Gasteiger partial charge in [-0.1, -0.05) is 11.6 Å². The Morgan fingerprint density at radius 1 is 1.25 bits per heavy atom. The lowest BCUT2D eigenvalue weighted by Gasteiger charge is -2.12. The molecule has 0 amide bonds. The Balaban J connectivity index is 1.83. The number of aromatic nitrogens is 6. The standard InChI is InChI=1S/C16H15ClF3N7O/c1-9(2)26-8-23-25-13(26)7-21-11-6-24-27(15(28)14(11)17)12-4-3-10(5-22-12)16(18,19)20/h3-6,8-9,21H,7H2,1-2H3. The minimum Gasteiger partial charge on any atom is -0.375 e. The fourth-order valence-electron chi connectivity index (χ4n) is 2.40. The first-order valence-electron chi connectivity index (χ1n) is 8.12. The summed E-state index contributed by atoms with van der Waals surface area (Å²) in [6.07, 6.45) is -1.01. The summed E-state index contributed by atoms with van der Waals surface area (Å²) in [7, 11) is 0. The average molecular weight is 414 g/mol. The van der Waals surface area contributed by atoms with Crippen LogP contribution in [-0.2, 0) is 12.7 Å². The third-order valence-corrected chi connectivity index (χ3v) is 4.22. The molecule has 0 bridgehead atoms. The molecule has 0 aromatic carbocycles. The van der Waals surface area contributed by atoms with Crippen LogP contribution in [0.1, 0.15) is 31.3 Å². The largest absolute Gasteiger partial charge is 0.417 e. The molecule has 0 unspecified atom stereocenters. The van der Waals surface area contributed by atoms with Gasteiger partial charge in [-0.3, -0.25) is 4.79 Å². The van der Waals surface area contributed by atoms with Gasteiger partial charge in [0.05, 0.1) is 24.0 Å². The molecule has 0 aliphatic carbocycles. The molecule has 8 nitrogen and oxygen atoms in total. The molecule has 0 atom stereocenters. The van der Waals surface area contributed by atoms with E-state index in [9.17, 15) is 18.0 Å². The lowest BCUT2D eigenvalue weighted by molar-refractivity contribution is -0.137. The third kappa shape index (κ3) is 3.98. The summed E-state index contributed by atoms with van der Waals surface area (Å²) in [6.45, 7) is 4.20. The number of alkyl halides is 3. The molecule has 3 aromatic rings. The van der Waals surface area contributed by atoms with Crippen LogP contribution < -0.4 is 10.9 Å². The van der Waals surface area contributed by atoms with Gasteiger partial charge in [-0.25, -0.2) is 4.98 Å². The lowest BCUT2D eigenvalue weighted by atomic mass is 10.3. The van der Waals surface area contributed by atoms with Crippen LogP contribution in [0.2, 0.25) is 5.02 Å². The number of nitrogens with one attached hydrogen (secondary N) is 1. The van der Waals surface area contributed by atoms with E-state index in [0.29, 0.717) is 12.0 Å². The molecular formula is C16H15ClF3N7O. The summed E-state index contributed by atoms with van der Waals surface area (Å²) in [5.74, 6) is 0.561. The predicted molar refractivity (Wildman–Crippen MR) is 95.4 cm³/mol. The summed E-state index contributed by atoms with van der Waals surface area (Å²) in [5.41, 5.74) is -1.39. The van der Waals surface area contributed by atoms with E-state index >= 15 is 0 Å². The van der Waals surface area contributed by atoms with Gasteiger partial charge in [-0.2, -0.15) is 23.0 Å². The highest BCUT2D eigenvalue weighted by Gasteiger charge is 2.30. The molecule has 148 valence electrons. The van der Waals surface area contributed by atoms with E-state index in [2.05, 4.69) is 25.6 Å². The number of nitrogens with zero attached hydrogens (tertiary/aromatic N) is 6. The number of pyridine rings is 1. The molecule has 0 fully saturated rings. The monoisotopic (exact) mass is 413 g/mol. The highest BCUT2D eigenvalue weighted by atomic mass is 35.5. The minimum absolute atomic E-state index is 0.0778. The van der Waals surface area contributed by atoms with Crippen LogP contribution >= 0.6 is 11.6 Å². The average Bonchev–Trinajstić information content (AvgIpc) is 3.11. The maximum absolute atomic E-state index is 12.6. The van der Waals surface area contributed by atoms with E-state index in [1.165, 1.54) is 6.20 Å². The van der Waals surface area contributed by atoms with Crippen LogP contribution in [0.15, 0.2) is 35.6 Å². The first-order chi connectivity index (χ1) is 13.2. The Morgan fingerprint density at radius 3 is 2.61 bits per heavy atom. The highest BCUT2D eigenvalue weighted by molar-refractivity contribution is 6.32. The second kappa shape index (κ2) is 7.58. The normalized spacial score (nSPS) is 11.8. The van der Waals surface area contributed by atoms with Crippen molar-refractivity contribution in [2.45, 2.75) is 32.6 Å². The molecule has 1 N–H and O–H groups in total. The molecule has 3 rings (SSSR count). The molecule has 0 radical (unpaired) electrons. The van der Waals surface area contributed by atoms with E-state index < -0.39 is 17.3 Å². The van der Waals surface area contributed by atoms with Crippen molar-refractivity contribution in [1.82, 2.24) is 29.5 Å². The number of hydrogen-bond donors (Lipinski definition) is 1. The lowest BCUT2D eigenvalue weighted by Crippen LogP contribution is -2.24. The minimum atomic E-state index is -4.52. The third-order valence-electron chi connectivity index (χ3n) is 3.85. The van der Waals surface area contributed by atoms with Crippen LogP contribution in [0.3, 0.4) is 0 Å². The SMILES string of the molecule is CC(C)n1cnnc1CNc1cnn(-c2ccc(C(F)(F)F)cn2)c(=O)c1Cl. The quantitative estimate of drug-likeness (QED) is 0.691. The maximum atomic E-state index is 12.6. The van der Waals surface area contributed by atoms with Gasteiger partial charge in [0, 0.05) is 12.2 Å². The van der Waals surface area contributed by atoms with Crippen molar-refractivity contribution < 1.29 is 13.2 Å². The van der Waals surface area contributed by atoms with Gasteiger partial charge in [0.15, 0.2) is 11.6 Å². The maximum Gasteiger partial charge on any atom is 0.417 e. The van der Waals surface area contributed by atoms with Gasteiger partial charge >= 0.3 is 6.18 Å². The summed E-state index contributed by atoms with van der Waals surface area (Å²) in [5, 5.41) is 14.6. The van der Waals surface area contributed by atoms with Crippen LogP contribution in [-0.4, -0.2) is 29.5 Å². The van der Waals surface area contributed by atoms with E-state index in [1.807, 2.05) is 18.4 Å². The zero-order valence-corrected chi connectivity index (χ0v) is 15.5. The van der Waals surface area contributed by atoms with Crippen molar-refractivity contribution >= 4 is 17.3 Å². The molecule has 0 aliphatic heterocycles. The van der Waals surface area contributed by atoms with Crippen molar-refractivity contribution in [3.8, 4) is 5.82 Å². The molecule has 3 aromatic heterocycles. The van der Waals surface area contributed by atoms with E-state index in [-0.39, 0.29) is 29.1 Å². The molecule has 12 heteroatoms. The molecule has 3 heterocycles. The Morgan fingerprint density at radius 2 is 2.00 bits per heavy atom. The van der Waals surface area contributed by atoms with Crippen LogP contribution in [0.4, 0.5) is 18.9 Å². The van der Waals surface area contributed by atoms with E-state index in [0.717, 1.165) is 16.8 Å². The Kier molecular flexibility index (Phi) is 5.36. The molecule has 0 saturated heterocycles. The van der Waals surface area contributed by atoms with Crippen molar-refractivity contribution in [3.05, 3.63) is 57.6 Å². The Bertz CT molecular complexity index is 1030. The van der Waals surface area contributed by atoms with Crippen molar-refractivity contribution in [2.24, 2.45) is 0 Å². The highest BCUT2D eigenvalue weighted by Crippen LogP contribution is 2.28. The summed E-state index contributed by atoms with van der Waals surface area (Å²) in [4.78, 5) is 16.1. The van der Waals surface area contributed by atoms with Crippen LogP contribution in [0.5, 0.6) is 0 Å². The second-order valence-electron chi connectivity index (χ2n) is 6.09. The molecule has 28 heavy (non-hydrogen) atoms. The Labute approximate surface area is 162 Å². The van der Waals surface area contributed by atoms with Gasteiger partial charge in [0.25, 0.3) is 5.56 Å². The predicted octanol–water partition coefficient (Wildman–Crippen LogP) is 3.08.